The monoisotopic (exact) mass is 299 g/mol. The van der Waals surface area contributed by atoms with E-state index in [1.165, 1.54) is 6.07 Å². The van der Waals surface area contributed by atoms with Crippen molar-refractivity contribution >= 4 is 11.8 Å². The van der Waals surface area contributed by atoms with E-state index in [0.717, 1.165) is 12.1 Å². The van der Waals surface area contributed by atoms with Crippen LogP contribution in [0.1, 0.15) is 32.4 Å². The van der Waals surface area contributed by atoms with E-state index in [1.807, 2.05) is 0 Å². The molecule has 1 unspecified atom stereocenters. The molecule has 0 aromatic heterocycles. The molecule has 0 fully saturated rings. The summed E-state index contributed by atoms with van der Waals surface area (Å²) in [6.45, 7) is 5.09. The van der Waals surface area contributed by atoms with Crippen molar-refractivity contribution in [1.29, 1.82) is 0 Å². The molecule has 1 amide bonds. The van der Waals surface area contributed by atoms with Crippen LogP contribution in [-0.4, -0.2) is 23.2 Å². The van der Waals surface area contributed by atoms with Crippen molar-refractivity contribution in [3.05, 3.63) is 39.7 Å². The number of carbonyl (C=O) groups excluding carboxylic acids is 1. The first-order valence-electron chi connectivity index (χ1n) is 6.27. The molecular weight excluding hydrogens is 281 g/mol. The van der Waals surface area contributed by atoms with Crippen LogP contribution in [0, 0.1) is 15.9 Å². The predicted molar refractivity (Wildman–Crippen MR) is 74.2 cm³/mol. The number of halogens is 1. The Morgan fingerprint density at radius 1 is 1.52 bits per heavy atom. The zero-order chi connectivity index (χ0) is 16.2. The van der Waals surface area contributed by atoms with Gasteiger partial charge >= 0.3 is 11.8 Å². The third-order valence-electron chi connectivity index (χ3n) is 2.50. The molecule has 116 valence electrons. The average Bonchev–Trinajstić information content (AvgIpc) is 2.34. The molecule has 0 spiro atoms. The summed E-state index contributed by atoms with van der Waals surface area (Å²) < 4.78 is 18.4. The molecule has 0 aliphatic carbocycles. The number of carbonyl (C=O) groups is 1. The van der Waals surface area contributed by atoms with Gasteiger partial charge in [0.25, 0.3) is 0 Å². The molecule has 0 bridgehead atoms. The van der Waals surface area contributed by atoms with Crippen molar-refractivity contribution in [2.24, 2.45) is 5.73 Å². The van der Waals surface area contributed by atoms with E-state index >= 15 is 0 Å². The molecule has 0 saturated heterocycles. The Hall–Kier alpha value is -2.22. The van der Waals surface area contributed by atoms with Crippen LogP contribution >= 0.6 is 0 Å². The number of hydrogen-bond acceptors (Lipinski definition) is 5. The van der Waals surface area contributed by atoms with Crippen LogP contribution in [0.15, 0.2) is 18.2 Å². The molecule has 21 heavy (non-hydrogen) atoms. The van der Waals surface area contributed by atoms with Crippen molar-refractivity contribution in [3.8, 4) is 0 Å². The molecule has 7 nitrogen and oxygen atoms in total. The smallest absolute Gasteiger partial charge is 0.408 e. The second-order valence-corrected chi connectivity index (χ2v) is 5.40. The summed E-state index contributed by atoms with van der Waals surface area (Å²) in [5, 5.41) is 13.2. The SMILES string of the molecule is CC(C)(C)OC(=O)NC(CN)c1ccc(F)c([N+](=O)[O-])c1. The van der Waals surface area contributed by atoms with E-state index in [0.29, 0.717) is 5.56 Å². The largest absolute Gasteiger partial charge is 0.444 e. The Kier molecular flexibility index (Phi) is 5.20. The van der Waals surface area contributed by atoms with Crippen molar-refractivity contribution < 1.29 is 18.8 Å². The van der Waals surface area contributed by atoms with Crippen LogP contribution in [-0.2, 0) is 4.74 Å². The molecule has 1 aromatic carbocycles. The van der Waals surface area contributed by atoms with E-state index < -0.39 is 34.2 Å². The van der Waals surface area contributed by atoms with E-state index in [1.54, 1.807) is 20.8 Å². The van der Waals surface area contributed by atoms with Gasteiger partial charge in [0, 0.05) is 12.6 Å². The van der Waals surface area contributed by atoms with Gasteiger partial charge in [-0.25, -0.2) is 4.79 Å². The summed E-state index contributed by atoms with van der Waals surface area (Å²) in [7, 11) is 0. The molecule has 0 saturated carbocycles. The fraction of sp³-hybridized carbons (Fsp3) is 0.462. The number of amides is 1. The highest BCUT2D eigenvalue weighted by Crippen LogP contribution is 2.22. The summed E-state index contributed by atoms with van der Waals surface area (Å²) in [6.07, 6.45) is -0.704. The van der Waals surface area contributed by atoms with Crippen LogP contribution < -0.4 is 11.1 Å². The molecule has 0 radical (unpaired) electrons. The maximum absolute atomic E-state index is 13.3. The number of nitro benzene ring substituents is 1. The van der Waals surface area contributed by atoms with Gasteiger partial charge < -0.3 is 15.8 Å². The lowest BCUT2D eigenvalue weighted by molar-refractivity contribution is -0.387. The van der Waals surface area contributed by atoms with Gasteiger partial charge in [-0.3, -0.25) is 10.1 Å². The van der Waals surface area contributed by atoms with E-state index in [2.05, 4.69) is 5.32 Å². The van der Waals surface area contributed by atoms with E-state index in [4.69, 9.17) is 10.5 Å². The standard InChI is InChI=1S/C13H18FN3O4/c1-13(2,3)21-12(18)16-10(7-15)8-4-5-9(14)11(6-8)17(19)20/h4-6,10H,7,15H2,1-3H3,(H,16,18). The molecule has 3 N–H and O–H groups in total. The number of nitrogens with two attached hydrogens (primary N) is 1. The summed E-state index contributed by atoms with van der Waals surface area (Å²) in [5.74, 6) is -0.947. The van der Waals surface area contributed by atoms with Crippen molar-refractivity contribution in [1.82, 2.24) is 5.32 Å². The third-order valence-corrected chi connectivity index (χ3v) is 2.50. The van der Waals surface area contributed by atoms with Crippen LogP contribution in [0.4, 0.5) is 14.9 Å². The number of nitrogens with one attached hydrogen (secondary N) is 1. The Bertz CT molecular complexity index is 543. The minimum atomic E-state index is -0.947. The van der Waals surface area contributed by atoms with Gasteiger partial charge in [0.2, 0.25) is 5.82 Å². The van der Waals surface area contributed by atoms with Gasteiger partial charge in [-0.05, 0) is 32.4 Å². The molecule has 8 heteroatoms. The lowest BCUT2D eigenvalue weighted by Crippen LogP contribution is -2.37. The second kappa shape index (κ2) is 6.49. The highest BCUT2D eigenvalue weighted by molar-refractivity contribution is 5.68. The summed E-state index contributed by atoms with van der Waals surface area (Å²) >= 11 is 0. The number of rotatable bonds is 4. The lowest BCUT2D eigenvalue weighted by Gasteiger charge is -2.23. The number of nitrogens with zero attached hydrogens (tertiary/aromatic N) is 1. The fourth-order valence-corrected chi connectivity index (χ4v) is 1.61. The zero-order valence-electron chi connectivity index (χ0n) is 12.1. The Morgan fingerprint density at radius 2 is 2.14 bits per heavy atom. The minimum Gasteiger partial charge on any atom is -0.444 e. The highest BCUT2D eigenvalue weighted by atomic mass is 19.1. The number of hydrogen-bond donors (Lipinski definition) is 2. The Morgan fingerprint density at radius 3 is 2.62 bits per heavy atom. The lowest BCUT2D eigenvalue weighted by atomic mass is 10.1. The van der Waals surface area contributed by atoms with Crippen molar-refractivity contribution in [2.45, 2.75) is 32.4 Å². The normalized spacial score (nSPS) is 12.6. The average molecular weight is 299 g/mol. The maximum atomic E-state index is 13.3. The Balaban J connectivity index is 2.93. The maximum Gasteiger partial charge on any atom is 0.408 e. The first-order valence-corrected chi connectivity index (χ1v) is 6.27. The number of ether oxygens (including phenoxy) is 1. The summed E-state index contributed by atoms with van der Waals surface area (Å²) in [4.78, 5) is 21.6. The number of alkyl carbamates (subject to hydrolysis) is 1. The van der Waals surface area contributed by atoms with Gasteiger partial charge in [0.15, 0.2) is 0 Å². The Labute approximate surface area is 121 Å². The van der Waals surface area contributed by atoms with Crippen molar-refractivity contribution in [2.75, 3.05) is 6.54 Å². The first kappa shape index (κ1) is 16.8. The van der Waals surface area contributed by atoms with Crippen LogP contribution in [0.25, 0.3) is 0 Å². The van der Waals surface area contributed by atoms with Crippen LogP contribution in [0.2, 0.25) is 0 Å². The fourth-order valence-electron chi connectivity index (χ4n) is 1.61. The molecule has 1 rings (SSSR count). The molecule has 1 atom stereocenters. The van der Waals surface area contributed by atoms with Crippen LogP contribution in [0.3, 0.4) is 0 Å². The number of benzene rings is 1. The highest BCUT2D eigenvalue weighted by Gasteiger charge is 2.22. The van der Waals surface area contributed by atoms with Gasteiger partial charge in [-0.1, -0.05) is 6.07 Å². The van der Waals surface area contributed by atoms with Gasteiger partial charge in [0.05, 0.1) is 11.0 Å². The number of nitro groups is 1. The summed E-state index contributed by atoms with van der Waals surface area (Å²) in [5.41, 5.74) is 4.53. The van der Waals surface area contributed by atoms with Gasteiger partial charge in [0.1, 0.15) is 5.60 Å². The topological polar surface area (TPSA) is 107 Å². The van der Waals surface area contributed by atoms with Gasteiger partial charge in [-0.2, -0.15) is 4.39 Å². The molecule has 0 aliphatic rings. The molecule has 0 aliphatic heterocycles. The predicted octanol–water partition coefficient (Wildman–Crippen LogP) is 2.26. The third kappa shape index (κ3) is 4.99. The van der Waals surface area contributed by atoms with Gasteiger partial charge in [-0.15, -0.1) is 0 Å². The molecular formula is C13H18FN3O4. The second-order valence-electron chi connectivity index (χ2n) is 5.40. The van der Waals surface area contributed by atoms with Crippen molar-refractivity contribution in [3.63, 3.8) is 0 Å². The quantitative estimate of drug-likeness (QED) is 0.655. The first-order chi connectivity index (χ1) is 9.64. The van der Waals surface area contributed by atoms with E-state index in [-0.39, 0.29) is 6.54 Å². The van der Waals surface area contributed by atoms with Crippen LogP contribution in [0.5, 0.6) is 0 Å². The van der Waals surface area contributed by atoms with E-state index in [9.17, 15) is 19.3 Å². The molecule has 0 heterocycles. The zero-order valence-corrected chi connectivity index (χ0v) is 12.1. The molecule has 1 aromatic rings. The summed E-state index contributed by atoms with van der Waals surface area (Å²) in [6, 6.07) is 2.63. The minimum absolute atomic E-state index is 0.0119.